The summed E-state index contributed by atoms with van der Waals surface area (Å²) >= 11 is 0. The Bertz CT molecular complexity index is 201. The van der Waals surface area contributed by atoms with Gasteiger partial charge in [-0.05, 0) is 0 Å². The first kappa shape index (κ1) is 22.9. The van der Waals surface area contributed by atoms with E-state index in [0.717, 1.165) is 0 Å². The molecule has 0 unspecified atom stereocenters. The van der Waals surface area contributed by atoms with Gasteiger partial charge in [0.15, 0.2) is 21.6 Å². The molecule has 0 rings (SSSR count). The quantitative estimate of drug-likeness (QED) is 0.390. The molecule has 0 saturated carbocycles. The zero-order valence-corrected chi connectivity index (χ0v) is 16.7. The van der Waals surface area contributed by atoms with E-state index < -0.39 is 7.31 Å². The summed E-state index contributed by atoms with van der Waals surface area (Å²) in [4.78, 5) is 0. The van der Waals surface area contributed by atoms with E-state index in [1.165, 1.54) is 0 Å². The van der Waals surface area contributed by atoms with Crippen molar-refractivity contribution in [1.82, 2.24) is 0 Å². The van der Waals surface area contributed by atoms with E-state index in [4.69, 9.17) is 64.9 Å². The standard InChI is InChI=1S/2C2H6OS.6ClH.Pt/c2*1-4(2)3;;;;;;;/h2*1-2H3;6*1H;/q;;;;;;;;+4/p-4. The fraction of sp³-hybridized carbons (Fsp3) is 1.00. The molecule has 0 spiro atoms. The Morgan fingerprint density at radius 3 is 0.667 bits per heavy atom. The van der Waals surface area contributed by atoms with Gasteiger partial charge >= 0.3 is 63.8 Å². The Labute approximate surface area is 117 Å². The van der Waals surface area contributed by atoms with E-state index >= 15 is 0 Å². The molecule has 0 heterocycles. The van der Waals surface area contributed by atoms with Crippen molar-refractivity contribution in [3.05, 3.63) is 0 Å². The summed E-state index contributed by atoms with van der Waals surface area (Å²) in [5.74, 6) is 0. The molecule has 15 heavy (non-hydrogen) atoms. The van der Waals surface area contributed by atoms with Crippen molar-refractivity contribution in [2.24, 2.45) is 0 Å². The van der Waals surface area contributed by atoms with Crippen LogP contribution in [-0.4, -0.2) is 33.4 Å². The van der Waals surface area contributed by atoms with Crippen molar-refractivity contribution in [1.29, 1.82) is 0 Å². The molecule has 0 aromatic carbocycles. The molecule has 0 aliphatic carbocycles. The van der Waals surface area contributed by atoms with Crippen LogP contribution in [0.25, 0.3) is 0 Å². The average Bonchev–Trinajstić information content (AvgIpc) is 1.44. The molecule has 106 valence electrons. The van der Waals surface area contributed by atoms with E-state index in [1.807, 2.05) is 0 Å². The average molecular weight is 566 g/mol. The first-order chi connectivity index (χ1) is 5.91. The molecule has 0 aliphatic rings. The Kier molecular flexibility index (Phi) is 11.2. The van der Waals surface area contributed by atoms with Gasteiger partial charge in [0.2, 0.25) is 0 Å². The molecule has 0 radical (unpaired) electrons. The minimum absolute atomic E-state index is 0.361. The van der Waals surface area contributed by atoms with Crippen molar-refractivity contribution in [3.63, 3.8) is 0 Å². The molecular formula is C4H14Cl6O2PtS2. The van der Waals surface area contributed by atoms with Gasteiger partial charge in [-0.1, -0.05) is 0 Å². The molecule has 0 aliphatic heterocycles. The second kappa shape index (κ2) is 7.35. The SMILES string of the molecule is CS(C)=[OH+].CS(C)=[OH+].[Cl][Pt-2]([Cl])([Cl])([Cl])([Cl])[Cl]. The Morgan fingerprint density at radius 2 is 0.667 bits per heavy atom. The van der Waals surface area contributed by atoms with Gasteiger partial charge in [-0.25, -0.2) is 0 Å². The van der Waals surface area contributed by atoms with Crippen LogP contribution in [0, 0.1) is 0 Å². The van der Waals surface area contributed by atoms with Crippen molar-refractivity contribution in [2.45, 2.75) is 0 Å². The fourth-order valence-electron chi connectivity index (χ4n) is 0. The van der Waals surface area contributed by atoms with Gasteiger partial charge in [0.25, 0.3) is 0 Å². The topological polar surface area (TPSA) is 42.8 Å². The van der Waals surface area contributed by atoms with E-state index in [9.17, 15) is 0 Å². The molecule has 0 fully saturated rings. The first-order valence-corrected chi connectivity index (χ1v) is 23.6. The van der Waals surface area contributed by atoms with Crippen LogP contribution < -0.4 is 0 Å². The number of hydrogen-bond donors (Lipinski definition) is 0. The fourth-order valence-corrected chi connectivity index (χ4v) is 0. The zero-order chi connectivity index (χ0) is 13.6. The summed E-state index contributed by atoms with van der Waals surface area (Å²) in [6.07, 6.45) is 7.00. The van der Waals surface area contributed by atoms with E-state index in [1.54, 1.807) is 25.0 Å². The van der Waals surface area contributed by atoms with E-state index in [0.29, 0.717) is 0 Å². The third-order valence-electron chi connectivity index (χ3n) is 0. The molecule has 0 bridgehead atoms. The van der Waals surface area contributed by atoms with Crippen LogP contribution in [0.3, 0.4) is 0 Å². The summed E-state index contributed by atoms with van der Waals surface area (Å²) < 4.78 is 16.2. The summed E-state index contributed by atoms with van der Waals surface area (Å²) in [7, 11) is 24.3. The predicted octanol–water partition coefficient (Wildman–Crippen LogP) is 4.44. The van der Waals surface area contributed by atoms with Gasteiger partial charge < -0.3 is 0 Å². The Balaban J connectivity index is -0.000000155. The second-order valence-electron chi connectivity index (χ2n) is 2.22. The molecule has 11 heteroatoms. The van der Waals surface area contributed by atoms with Crippen LogP contribution in [0.5, 0.6) is 0 Å². The van der Waals surface area contributed by atoms with Gasteiger partial charge in [-0.15, -0.1) is 0 Å². The predicted molar refractivity (Wildman–Crippen MR) is 77.4 cm³/mol. The van der Waals surface area contributed by atoms with Gasteiger partial charge in [-0.3, -0.25) is 8.42 Å². The first-order valence-electron chi connectivity index (χ1n) is 2.72. The van der Waals surface area contributed by atoms with Gasteiger partial charge in [-0.2, -0.15) is 0 Å². The van der Waals surface area contributed by atoms with Crippen LogP contribution in [0.2, 0.25) is 0 Å². The second-order valence-corrected chi connectivity index (χ2v) is 54.6. The molecule has 0 saturated heterocycles. The zero-order valence-electron chi connectivity index (χ0n) is 8.29. The molecule has 0 amide bonds. The summed E-state index contributed by atoms with van der Waals surface area (Å²) in [6.45, 7) is 0. The number of rotatable bonds is 0. The van der Waals surface area contributed by atoms with Crippen LogP contribution in [-0.2, 0) is 28.9 Å². The van der Waals surface area contributed by atoms with Crippen molar-refractivity contribution >= 4 is 78.1 Å². The maximum absolute atomic E-state index is 8.08. The molecule has 0 atom stereocenters. The Morgan fingerprint density at radius 1 is 0.667 bits per heavy atom. The third-order valence-corrected chi connectivity index (χ3v) is 0. The molecule has 2 N–H and O–H groups in total. The van der Waals surface area contributed by atoms with Crippen LogP contribution in [0.4, 0.5) is 0 Å². The van der Waals surface area contributed by atoms with Crippen molar-refractivity contribution in [2.75, 3.05) is 25.0 Å². The Hall–Kier alpha value is 2.73. The number of halogens is 6. The van der Waals surface area contributed by atoms with Crippen molar-refractivity contribution in [3.8, 4) is 0 Å². The minimum atomic E-state index is -5.29. The van der Waals surface area contributed by atoms with Crippen LogP contribution in [0.1, 0.15) is 0 Å². The summed E-state index contributed by atoms with van der Waals surface area (Å²) in [6, 6.07) is 0. The van der Waals surface area contributed by atoms with Crippen molar-refractivity contribution < 1.29 is 15.7 Å². The number of hydrogen-bond acceptors (Lipinski definition) is 0. The van der Waals surface area contributed by atoms with E-state index in [2.05, 4.69) is 0 Å². The van der Waals surface area contributed by atoms with Crippen LogP contribution in [0.15, 0.2) is 0 Å². The molecule has 0 aromatic rings. The van der Waals surface area contributed by atoms with Gasteiger partial charge in [0, 0.05) is 0 Å². The molecular weight excluding hydrogens is 552 g/mol. The maximum atomic E-state index is 8.08. The molecule has 2 nitrogen and oxygen atoms in total. The van der Waals surface area contributed by atoms with Gasteiger partial charge in [0.05, 0.1) is 25.0 Å². The van der Waals surface area contributed by atoms with Crippen LogP contribution >= 0.6 is 56.5 Å². The monoisotopic (exact) mass is 563 g/mol. The summed E-state index contributed by atoms with van der Waals surface area (Å²) in [5.41, 5.74) is 0. The van der Waals surface area contributed by atoms with Gasteiger partial charge in [0.1, 0.15) is 0 Å². The third kappa shape index (κ3) is 487. The summed E-state index contributed by atoms with van der Waals surface area (Å²) in [5, 5.41) is 0. The van der Waals surface area contributed by atoms with E-state index in [-0.39, 0.29) is 21.6 Å². The molecule has 0 aromatic heterocycles. The normalized spacial score (nSPS) is 15.5.